The number of aliphatic hydroxyl groups is 3. The first-order valence-corrected chi connectivity index (χ1v) is 11.1. The third-order valence-electron chi connectivity index (χ3n) is 9.07. The average molecular weight is 417 g/mol. The van der Waals surface area contributed by atoms with Crippen molar-refractivity contribution in [1.82, 2.24) is 0 Å². The largest absolute Gasteiger partial charge is 0.458 e. The Morgan fingerprint density at radius 1 is 1.23 bits per heavy atom. The maximum atomic E-state index is 12.9. The highest BCUT2D eigenvalue weighted by Crippen LogP contribution is 2.76. The van der Waals surface area contributed by atoms with Crippen LogP contribution in [0.25, 0.3) is 0 Å². The molecule has 0 aromatic heterocycles. The zero-order valence-electron chi connectivity index (χ0n) is 18.1. The van der Waals surface area contributed by atoms with E-state index in [0.29, 0.717) is 17.6 Å². The highest BCUT2D eigenvalue weighted by molar-refractivity contribution is 6.04. The molecule has 0 saturated heterocycles. The Kier molecular flexibility index (Phi) is 3.97. The molecule has 0 bridgehead atoms. The van der Waals surface area contributed by atoms with Gasteiger partial charge in [-0.2, -0.15) is 0 Å². The molecule has 3 saturated carbocycles. The van der Waals surface area contributed by atoms with Crippen LogP contribution in [0.4, 0.5) is 0 Å². The molecule has 6 heteroatoms. The van der Waals surface area contributed by atoms with Crippen LogP contribution in [0.1, 0.15) is 53.4 Å². The summed E-state index contributed by atoms with van der Waals surface area (Å²) in [5, 5.41) is 33.7. The zero-order chi connectivity index (χ0) is 21.9. The molecule has 0 amide bonds. The standard InChI is InChI=1S/C24H32O6/c1-12-7-17-22(28,19(12)26)10-14(11-25)8-16-18-21(3,4)23(18,9-13(2)24(16,17)29)30-20(27)15-5-6-15/h7-8,13,15-18,25,28-29H,5-6,9-11H2,1-4H3/t13-,16+,17-,18-,22-,23+,24-/m1/s1. The summed E-state index contributed by atoms with van der Waals surface area (Å²) in [4.78, 5) is 25.5. The van der Waals surface area contributed by atoms with Crippen LogP contribution in [0.15, 0.2) is 23.3 Å². The Hall–Kier alpha value is -1.50. The third kappa shape index (κ3) is 2.25. The second kappa shape index (κ2) is 5.84. The highest BCUT2D eigenvalue weighted by Gasteiger charge is 2.83. The van der Waals surface area contributed by atoms with Gasteiger partial charge in [-0.3, -0.25) is 9.59 Å². The van der Waals surface area contributed by atoms with Crippen molar-refractivity contribution >= 4 is 11.8 Å². The van der Waals surface area contributed by atoms with Crippen LogP contribution in [0, 0.1) is 35.0 Å². The van der Waals surface area contributed by atoms with Crippen molar-refractivity contribution in [3.05, 3.63) is 23.3 Å². The minimum Gasteiger partial charge on any atom is -0.458 e. The average Bonchev–Trinajstić information content (AvgIpc) is 3.56. The van der Waals surface area contributed by atoms with Gasteiger partial charge in [0, 0.05) is 29.6 Å². The third-order valence-corrected chi connectivity index (χ3v) is 9.07. The molecule has 164 valence electrons. The van der Waals surface area contributed by atoms with E-state index in [2.05, 4.69) is 13.8 Å². The molecule has 5 aliphatic rings. The second-order valence-electron chi connectivity index (χ2n) is 11.0. The minimum absolute atomic E-state index is 0.00616. The molecule has 0 aliphatic heterocycles. The van der Waals surface area contributed by atoms with Crippen LogP contribution in [0.2, 0.25) is 0 Å². The van der Waals surface area contributed by atoms with Crippen LogP contribution in [0.3, 0.4) is 0 Å². The lowest BCUT2D eigenvalue weighted by Crippen LogP contribution is -2.61. The lowest BCUT2D eigenvalue weighted by Gasteiger charge is -2.50. The van der Waals surface area contributed by atoms with Gasteiger partial charge in [0.2, 0.25) is 0 Å². The first-order valence-electron chi connectivity index (χ1n) is 11.1. The summed E-state index contributed by atoms with van der Waals surface area (Å²) in [5.41, 5.74) is -3.12. The van der Waals surface area contributed by atoms with Crippen LogP contribution < -0.4 is 0 Å². The number of carbonyl (C=O) groups excluding carboxylic acids is 2. The SMILES string of the molecule is CC1=C[C@H]2[C@@]3(O)[C@H](C)C[C@]4(OC(=O)C5CC5)[C@H]([C@@H]3C=C(CO)C[C@]2(O)C1=O)C4(C)C. The van der Waals surface area contributed by atoms with E-state index < -0.39 is 28.6 Å². The lowest BCUT2D eigenvalue weighted by atomic mass is 9.60. The van der Waals surface area contributed by atoms with E-state index in [-0.39, 0.29) is 47.9 Å². The van der Waals surface area contributed by atoms with Gasteiger partial charge >= 0.3 is 5.97 Å². The van der Waals surface area contributed by atoms with Crippen molar-refractivity contribution in [3.63, 3.8) is 0 Å². The first-order chi connectivity index (χ1) is 13.9. The number of Topliss-reactive ketones (excluding diaryl/α,β-unsaturated/α-hetero) is 1. The molecule has 0 spiro atoms. The molecule has 3 N–H and O–H groups in total. The van der Waals surface area contributed by atoms with Crippen molar-refractivity contribution in [3.8, 4) is 0 Å². The molecule has 7 atom stereocenters. The van der Waals surface area contributed by atoms with Crippen LogP contribution in [-0.2, 0) is 14.3 Å². The van der Waals surface area contributed by atoms with Gasteiger partial charge in [0.25, 0.3) is 0 Å². The van der Waals surface area contributed by atoms with Crippen LogP contribution in [-0.4, -0.2) is 50.5 Å². The number of hydrogen-bond acceptors (Lipinski definition) is 6. The van der Waals surface area contributed by atoms with Crippen molar-refractivity contribution in [2.75, 3.05) is 6.61 Å². The number of aliphatic hydroxyl groups excluding tert-OH is 1. The van der Waals surface area contributed by atoms with Crippen molar-refractivity contribution in [1.29, 1.82) is 0 Å². The summed E-state index contributed by atoms with van der Waals surface area (Å²) >= 11 is 0. The number of rotatable bonds is 3. The molecule has 5 rings (SSSR count). The monoisotopic (exact) mass is 416 g/mol. The smallest absolute Gasteiger partial charge is 0.309 e. The molecule has 0 heterocycles. The summed E-state index contributed by atoms with van der Waals surface area (Å²) < 4.78 is 6.16. The van der Waals surface area contributed by atoms with Crippen LogP contribution >= 0.6 is 0 Å². The number of carbonyl (C=O) groups is 2. The number of fused-ring (bicyclic) bond motifs is 5. The molecule has 3 fully saturated rings. The van der Waals surface area contributed by atoms with E-state index in [9.17, 15) is 24.9 Å². The Bertz CT molecular complexity index is 897. The fourth-order valence-electron chi connectivity index (χ4n) is 7.18. The van der Waals surface area contributed by atoms with E-state index in [1.165, 1.54) is 0 Å². The van der Waals surface area contributed by atoms with Crippen molar-refractivity contribution in [2.45, 2.75) is 70.2 Å². The summed E-state index contributed by atoms with van der Waals surface area (Å²) in [6, 6.07) is 0. The van der Waals surface area contributed by atoms with Gasteiger partial charge in [-0.15, -0.1) is 0 Å². The van der Waals surface area contributed by atoms with Gasteiger partial charge in [0.05, 0.1) is 18.1 Å². The summed E-state index contributed by atoms with van der Waals surface area (Å²) in [7, 11) is 0. The Balaban J connectivity index is 1.62. The summed E-state index contributed by atoms with van der Waals surface area (Å²) in [6.07, 6.45) is 5.83. The normalized spacial score (nSPS) is 48.6. The van der Waals surface area contributed by atoms with E-state index in [4.69, 9.17) is 4.74 Å². The molecule has 0 aromatic rings. The molecule has 0 aromatic carbocycles. The molecule has 30 heavy (non-hydrogen) atoms. The number of hydrogen-bond donors (Lipinski definition) is 3. The maximum absolute atomic E-state index is 12.9. The predicted octanol–water partition coefficient (Wildman–Crippen LogP) is 1.92. The number of ketones is 1. The fraction of sp³-hybridized carbons (Fsp3) is 0.750. The molecule has 0 radical (unpaired) electrons. The van der Waals surface area contributed by atoms with Gasteiger partial charge in [0.15, 0.2) is 5.78 Å². The topological polar surface area (TPSA) is 104 Å². The molecular weight excluding hydrogens is 384 g/mol. The minimum atomic E-state index is -1.75. The first kappa shape index (κ1) is 20.4. The van der Waals surface area contributed by atoms with E-state index in [1.54, 1.807) is 13.0 Å². The van der Waals surface area contributed by atoms with Crippen molar-refractivity contribution < 1.29 is 29.6 Å². The van der Waals surface area contributed by atoms with Gasteiger partial charge in [0.1, 0.15) is 11.2 Å². The van der Waals surface area contributed by atoms with Gasteiger partial charge < -0.3 is 20.1 Å². The van der Waals surface area contributed by atoms with E-state index in [0.717, 1.165) is 12.8 Å². The quantitative estimate of drug-likeness (QED) is 0.480. The lowest BCUT2D eigenvalue weighted by molar-refractivity contribution is -0.187. The fourth-order valence-corrected chi connectivity index (χ4v) is 7.18. The Labute approximate surface area is 177 Å². The summed E-state index contributed by atoms with van der Waals surface area (Å²) in [6.45, 7) is 7.45. The second-order valence-corrected chi connectivity index (χ2v) is 11.0. The van der Waals surface area contributed by atoms with Gasteiger partial charge in [-0.05, 0) is 43.3 Å². The predicted molar refractivity (Wildman–Crippen MR) is 108 cm³/mol. The highest BCUT2D eigenvalue weighted by atomic mass is 16.6. The molecule has 0 unspecified atom stereocenters. The molecular formula is C24H32O6. The Morgan fingerprint density at radius 3 is 2.50 bits per heavy atom. The maximum Gasteiger partial charge on any atom is 0.309 e. The molecule has 6 nitrogen and oxygen atoms in total. The van der Waals surface area contributed by atoms with E-state index in [1.807, 2.05) is 13.0 Å². The number of esters is 1. The molecule has 5 aliphatic carbocycles. The van der Waals surface area contributed by atoms with Gasteiger partial charge in [-0.25, -0.2) is 0 Å². The van der Waals surface area contributed by atoms with E-state index >= 15 is 0 Å². The number of ether oxygens (including phenoxy) is 1. The summed E-state index contributed by atoms with van der Waals surface area (Å²) in [5.74, 6) is -2.17. The van der Waals surface area contributed by atoms with Crippen molar-refractivity contribution in [2.24, 2.45) is 35.0 Å². The zero-order valence-corrected chi connectivity index (χ0v) is 18.1. The van der Waals surface area contributed by atoms with Gasteiger partial charge in [-0.1, -0.05) is 32.9 Å². The van der Waals surface area contributed by atoms with Crippen LogP contribution in [0.5, 0.6) is 0 Å². The Morgan fingerprint density at radius 2 is 1.90 bits per heavy atom.